The Morgan fingerprint density at radius 2 is 2.21 bits per heavy atom. The lowest BCUT2D eigenvalue weighted by Crippen LogP contribution is -2.31. The number of anilines is 1. The Morgan fingerprint density at radius 3 is 3.04 bits per heavy atom. The second-order valence-corrected chi connectivity index (χ2v) is 6.10. The Kier molecular flexibility index (Phi) is 3.61. The van der Waals surface area contributed by atoms with Gasteiger partial charge in [0.15, 0.2) is 6.23 Å². The number of hydrogen-bond acceptors (Lipinski definition) is 5. The van der Waals surface area contributed by atoms with Crippen molar-refractivity contribution < 1.29 is 14.3 Å². The minimum Gasteiger partial charge on any atom is -0.474 e. The fraction of sp³-hybridized carbons (Fsp3) is 0.333. The van der Waals surface area contributed by atoms with Crippen molar-refractivity contribution in [1.82, 2.24) is 10.3 Å². The first kappa shape index (κ1) is 15.0. The SMILES string of the molecule is CN[C@@H]1Oc2ccc(Oc3ccnc4c3CCC(=O)N4)cc2C1C. The summed E-state index contributed by atoms with van der Waals surface area (Å²) in [4.78, 5) is 15.7. The molecule has 2 aliphatic rings. The molecule has 2 aliphatic heterocycles. The molecule has 6 heteroatoms. The van der Waals surface area contributed by atoms with Crippen LogP contribution in [-0.4, -0.2) is 24.2 Å². The van der Waals surface area contributed by atoms with Crippen molar-refractivity contribution in [3.63, 3.8) is 0 Å². The first-order valence-electron chi connectivity index (χ1n) is 8.09. The highest BCUT2D eigenvalue weighted by atomic mass is 16.5. The number of carbonyl (C=O) groups excluding carboxylic acids is 1. The van der Waals surface area contributed by atoms with Crippen molar-refractivity contribution in [2.75, 3.05) is 12.4 Å². The maximum Gasteiger partial charge on any atom is 0.225 e. The highest BCUT2D eigenvalue weighted by Crippen LogP contribution is 2.40. The van der Waals surface area contributed by atoms with Gasteiger partial charge in [0.2, 0.25) is 5.91 Å². The van der Waals surface area contributed by atoms with Crippen LogP contribution in [0.5, 0.6) is 17.2 Å². The molecule has 2 N–H and O–H groups in total. The molecular weight excluding hydrogens is 306 g/mol. The minimum absolute atomic E-state index is 0.00578. The third-order valence-corrected chi connectivity index (χ3v) is 4.56. The van der Waals surface area contributed by atoms with Crippen LogP contribution in [0.25, 0.3) is 0 Å². The van der Waals surface area contributed by atoms with E-state index in [0.717, 1.165) is 28.4 Å². The molecule has 0 radical (unpaired) electrons. The molecule has 0 bridgehead atoms. The Hall–Kier alpha value is -2.60. The third-order valence-electron chi connectivity index (χ3n) is 4.56. The topological polar surface area (TPSA) is 72.5 Å². The molecule has 0 aliphatic carbocycles. The van der Waals surface area contributed by atoms with Crippen molar-refractivity contribution in [3.8, 4) is 17.2 Å². The molecule has 1 aromatic carbocycles. The van der Waals surface area contributed by atoms with Gasteiger partial charge in [-0.05, 0) is 37.7 Å². The van der Waals surface area contributed by atoms with E-state index in [-0.39, 0.29) is 18.1 Å². The van der Waals surface area contributed by atoms with Gasteiger partial charge >= 0.3 is 0 Å². The minimum atomic E-state index is -0.0147. The van der Waals surface area contributed by atoms with Gasteiger partial charge < -0.3 is 14.8 Å². The van der Waals surface area contributed by atoms with Crippen LogP contribution in [0.1, 0.15) is 30.4 Å². The van der Waals surface area contributed by atoms with Crippen molar-refractivity contribution >= 4 is 11.7 Å². The zero-order chi connectivity index (χ0) is 16.7. The number of benzene rings is 1. The molecule has 0 saturated carbocycles. The smallest absolute Gasteiger partial charge is 0.225 e. The summed E-state index contributed by atoms with van der Waals surface area (Å²) in [5.74, 6) is 3.21. The van der Waals surface area contributed by atoms with Crippen LogP contribution < -0.4 is 20.1 Å². The molecule has 6 nitrogen and oxygen atoms in total. The number of amides is 1. The van der Waals surface area contributed by atoms with Crippen molar-refractivity contribution in [2.24, 2.45) is 0 Å². The van der Waals surface area contributed by atoms with Gasteiger partial charge in [-0.1, -0.05) is 6.92 Å². The summed E-state index contributed by atoms with van der Waals surface area (Å²) >= 11 is 0. The quantitative estimate of drug-likeness (QED) is 0.908. The first-order valence-corrected chi connectivity index (χ1v) is 8.09. The Bertz CT molecular complexity index is 806. The first-order chi connectivity index (χ1) is 11.7. The molecule has 1 aromatic heterocycles. The monoisotopic (exact) mass is 325 g/mol. The summed E-state index contributed by atoms with van der Waals surface area (Å²) in [7, 11) is 1.89. The Morgan fingerprint density at radius 1 is 1.33 bits per heavy atom. The van der Waals surface area contributed by atoms with Crippen LogP contribution in [0.15, 0.2) is 30.5 Å². The number of nitrogens with one attached hydrogen (secondary N) is 2. The molecule has 0 fully saturated rings. The number of fused-ring (bicyclic) bond motifs is 2. The fourth-order valence-corrected chi connectivity index (χ4v) is 3.24. The summed E-state index contributed by atoms with van der Waals surface area (Å²) in [5.41, 5.74) is 2.07. The molecule has 3 heterocycles. The predicted octanol–water partition coefficient (Wildman–Crippen LogP) is 2.80. The summed E-state index contributed by atoms with van der Waals surface area (Å²) in [6.07, 6.45) is 2.72. The van der Waals surface area contributed by atoms with Gasteiger partial charge in [0.25, 0.3) is 0 Å². The number of pyridine rings is 1. The highest BCUT2D eigenvalue weighted by Gasteiger charge is 2.30. The summed E-state index contributed by atoms with van der Waals surface area (Å²) in [6.45, 7) is 2.13. The lowest BCUT2D eigenvalue weighted by Gasteiger charge is -2.19. The van der Waals surface area contributed by atoms with Crippen molar-refractivity contribution in [3.05, 3.63) is 41.6 Å². The molecule has 124 valence electrons. The van der Waals surface area contributed by atoms with Crippen molar-refractivity contribution in [2.45, 2.75) is 31.9 Å². The van der Waals surface area contributed by atoms with Gasteiger partial charge in [-0.25, -0.2) is 4.98 Å². The molecule has 2 aromatic rings. The average molecular weight is 325 g/mol. The van der Waals surface area contributed by atoms with E-state index >= 15 is 0 Å². The highest BCUT2D eigenvalue weighted by molar-refractivity contribution is 5.93. The molecule has 2 atom stereocenters. The second-order valence-electron chi connectivity index (χ2n) is 6.10. The van der Waals surface area contributed by atoms with Crippen LogP contribution in [0, 0.1) is 0 Å². The van der Waals surface area contributed by atoms with E-state index in [1.165, 1.54) is 0 Å². The lowest BCUT2D eigenvalue weighted by atomic mass is 10.0. The zero-order valence-electron chi connectivity index (χ0n) is 13.6. The number of ether oxygens (including phenoxy) is 2. The molecule has 1 amide bonds. The number of hydrogen-bond donors (Lipinski definition) is 2. The number of rotatable bonds is 3. The third kappa shape index (κ3) is 2.49. The van der Waals surface area contributed by atoms with Gasteiger partial charge in [0.1, 0.15) is 23.1 Å². The number of nitrogens with zero attached hydrogens (tertiary/aromatic N) is 1. The molecule has 24 heavy (non-hydrogen) atoms. The van der Waals surface area contributed by atoms with Gasteiger partial charge in [0.05, 0.1) is 0 Å². The average Bonchev–Trinajstić information content (AvgIpc) is 2.91. The van der Waals surface area contributed by atoms with E-state index in [9.17, 15) is 4.79 Å². The normalized spacial score (nSPS) is 21.5. The molecule has 0 spiro atoms. The number of aromatic nitrogens is 1. The molecule has 1 unspecified atom stereocenters. The van der Waals surface area contributed by atoms with E-state index in [2.05, 4.69) is 22.5 Å². The largest absolute Gasteiger partial charge is 0.474 e. The molecule has 4 rings (SSSR count). The van der Waals surface area contributed by atoms with Gasteiger partial charge in [0, 0.05) is 29.7 Å². The number of likely N-dealkylation sites (N-methyl/N-ethyl adjacent to an activating group) is 1. The van der Waals surface area contributed by atoms with Crippen molar-refractivity contribution in [1.29, 1.82) is 0 Å². The number of carbonyl (C=O) groups is 1. The lowest BCUT2D eigenvalue weighted by molar-refractivity contribution is -0.116. The predicted molar refractivity (Wildman–Crippen MR) is 89.6 cm³/mol. The zero-order valence-corrected chi connectivity index (χ0v) is 13.6. The fourth-order valence-electron chi connectivity index (χ4n) is 3.24. The van der Waals surface area contributed by atoms with E-state index in [1.807, 2.05) is 31.3 Å². The maximum absolute atomic E-state index is 11.5. The van der Waals surface area contributed by atoms with E-state index in [4.69, 9.17) is 9.47 Å². The standard InChI is InChI=1S/C18H19N3O3/c1-10-13-9-11(3-5-14(13)24-18(10)19-2)23-15-7-8-20-17-12(15)4-6-16(22)21-17/h3,5,7-10,18-19H,4,6H2,1-2H3,(H,20,21,22)/t10?,18-/m1/s1. The molecular formula is C18H19N3O3. The van der Waals surface area contributed by atoms with Crippen LogP contribution in [0.2, 0.25) is 0 Å². The maximum atomic E-state index is 11.5. The van der Waals surface area contributed by atoms with Gasteiger partial charge in [-0.2, -0.15) is 0 Å². The van der Waals surface area contributed by atoms with Gasteiger partial charge in [-0.3, -0.25) is 10.1 Å². The van der Waals surface area contributed by atoms with Crippen LogP contribution in [0.4, 0.5) is 5.82 Å². The Balaban J connectivity index is 1.63. The van der Waals surface area contributed by atoms with E-state index in [1.54, 1.807) is 6.20 Å². The van der Waals surface area contributed by atoms with E-state index in [0.29, 0.717) is 18.7 Å². The van der Waals surface area contributed by atoms with Crippen LogP contribution in [-0.2, 0) is 11.2 Å². The van der Waals surface area contributed by atoms with Gasteiger partial charge in [-0.15, -0.1) is 0 Å². The second kappa shape index (κ2) is 5.79. The summed E-state index contributed by atoms with van der Waals surface area (Å²) < 4.78 is 11.9. The van der Waals surface area contributed by atoms with E-state index < -0.39 is 0 Å². The Labute approximate surface area is 140 Å². The summed E-state index contributed by atoms with van der Waals surface area (Å²) in [5, 5.41) is 5.95. The summed E-state index contributed by atoms with van der Waals surface area (Å²) in [6, 6.07) is 7.69. The van der Waals surface area contributed by atoms with Crippen LogP contribution in [0.3, 0.4) is 0 Å². The molecule has 0 saturated heterocycles. The van der Waals surface area contributed by atoms with Crippen LogP contribution >= 0.6 is 0 Å².